The molecule has 2 N–H and O–H groups in total. The van der Waals surface area contributed by atoms with E-state index in [0.29, 0.717) is 6.42 Å². The average molecular weight is 207 g/mol. The number of cyclic esters (lactones) is 1. The second kappa shape index (κ2) is 3.90. The van der Waals surface area contributed by atoms with Crippen molar-refractivity contribution in [2.45, 2.75) is 26.1 Å². The fourth-order valence-corrected chi connectivity index (χ4v) is 1.79. The van der Waals surface area contributed by atoms with E-state index in [4.69, 9.17) is 4.74 Å². The number of rotatable bonds is 1. The molecule has 1 unspecified atom stereocenters. The first kappa shape index (κ1) is 9.98. The number of aliphatic hydroxyl groups is 1. The maximum atomic E-state index is 11.3. The molecule has 0 saturated carbocycles. The second-order valence-corrected chi connectivity index (χ2v) is 3.65. The fourth-order valence-electron chi connectivity index (χ4n) is 1.79. The van der Waals surface area contributed by atoms with Crippen molar-refractivity contribution in [1.29, 1.82) is 0 Å². The van der Waals surface area contributed by atoms with Gasteiger partial charge in [0.25, 0.3) is 0 Å². The minimum atomic E-state index is -0.434. The third-order valence-corrected chi connectivity index (χ3v) is 2.48. The number of benzene rings is 1. The lowest BCUT2D eigenvalue weighted by Gasteiger charge is -2.10. The van der Waals surface area contributed by atoms with E-state index in [1.165, 1.54) is 0 Å². The Hall–Kier alpha value is -1.55. The van der Waals surface area contributed by atoms with Crippen molar-refractivity contribution in [1.82, 2.24) is 0 Å². The molecule has 80 valence electrons. The first-order valence-electron chi connectivity index (χ1n) is 4.90. The Balaban J connectivity index is 2.45. The van der Waals surface area contributed by atoms with Gasteiger partial charge in [0.2, 0.25) is 0 Å². The van der Waals surface area contributed by atoms with Gasteiger partial charge in [0.15, 0.2) is 0 Å². The van der Waals surface area contributed by atoms with Gasteiger partial charge in [0.1, 0.15) is 6.10 Å². The normalized spacial score (nSPS) is 19.9. The minimum Gasteiger partial charge on any atom is -0.446 e. The van der Waals surface area contributed by atoms with E-state index in [2.05, 4.69) is 5.32 Å². The van der Waals surface area contributed by atoms with Crippen molar-refractivity contribution in [2.75, 3.05) is 5.32 Å². The highest BCUT2D eigenvalue weighted by Crippen LogP contribution is 2.25. The highest BCUT2D eigenvalue weighted by Gasteiger charge is 2.20. The van der Waals surface area contributed by atoms with Crippen molar-refractivity contribution in [3.63, 3.8) is 0 Å². The molecule has 1 aliphatic heterocycles. The van der Waals surface area contributed by atoms with Crippen molar-refractivity contribution in [2.24, 2.45) is 0 Å². The zero-order chi connectivity index (χ0) is 10.8. The van der Waals surface area contributed by atoms with Crippen LogP contribution in [0, 0.1) is 0 Å². The maximum Gasteiger partial charge on any atom is 0.411 e. The predicted molar refractivity (Wildman–Crippen MR) is 55.6 cm³/mol. The summed E-state index contributed by atoms with van der Waals surface area (Å²) < 4.78 is 5.06. The van der Waals surface area contributed by atoms with E-state index in [1.54, 1.807) is 6.07 Å². The molecule has 1 atom stereocenters. The van der Waals surface area contributed by atoms with Gasteiger partial charge in [-0.15, -0.1) is 0 Å². The van der Waals surface area contributed by atoms with Crippen LogP contribution < -0.4 is 5.32 Å². The number of carbonyl (C=O) groups excluding carboxylic acids is 1. The summed E-state index contributed by atoms with van der Waals surface area (Å²) >= 11 is 0. The SMILES string of the molecule is CC1Cc2c(CO)cccc2NC(=O)O1. The molecule has 1 heterocycles. The summed E-state index contributed by atoms with van der Waals surface area (Å²) in [5.74, 6) is 0. The topological polar surface area (TPSA) is 58.6 Å². The van der Waals surface area contributed by atoms with Crippen LogP contribution >= 0.6 is 0 Å². The average Bonchev–Trinajstić information content (AvgIpc) is 2.33. The van der Waals surface area contributed by atoms with Gasteiger partial charge in [0, 0.05) is 12.1 Å². The molecule has 0 radical (unpaired) electrons. The molecule has 0 aliphatic carbocycles. The summed E-state index contributed by atoms with van der Waals surface area (Å²) in [5, 5.41) is 11.8. The molecule has 1 amide bonds. The van der Waals surface area contributed by atoms with Crippen LogP contribution in [0.3, 0.4) is 0 Å². The summed E-state index contributed by atoms with van der Waals surface area (Å²) in [4.78, 5) is 11.3. The number of fused-ring (bicyclic) bond motifs is 1. The van der Waals surface area contributed by atoms with Gasteiger partial charge in [0.05, 0.1) is 6.61 Å². The third-order valence-electron chi connectivity index (χ3n) is 2.48. The molecule has 0 bridgehead atoms. The van der Waals surface area contributed by atoms with Crippen LogP contribution in [0.4, 0.5) is 10.5 Å². The van der Waals surface area contributed by atoms with E-state index in [1.807, 2.05) is 19.1 Å². The largest absolute Gasteiger partial charge is 0.446 e. The van der Waals surface area contributed by atoms with Crippen LogP contribution in [0.2, 0.25) is 0 Å². The molecule has 1 aromatic carbocycles. The van der Waals surface area contributed by atoms with Crippen LogP contribution in [0.5, 0.6) is 0 Å². The Morgan fingerprint density at radius 2 is 2.40 bits per heavy atom. The highest BCUT2D eigenvalue weighted by atomic mass is 16.6. The second-order valence-electron chi connectivity index (χ2n) is 3.65. The Bertz CT molecular complexity index is 389. The first-order valence-corrected chi connectivity index (χ1v) is 4.90. The highest BCUT2D eigenvalue weighted by molar-refractivity contribution is 5.86. The number of carbonyl (C=O) groups is 1. The zero-order valence-corrected chi connectivity index (χ0v) is 8.49. The number of anilines is 1. The van der Waals surface area contributed by atoms with Crippen molar-refractivity contribution < 1.29 is 14.6 Å². The van der Waals surface area contributed by atoms with Gasteiger partial charge in [-0.25, -0.2) is 4.79 Å². The molecule has 1 aliphatic rings. The van der Waals surface area contributed by atoms with Crippen LogP contribution in [-0.4, -0.2) is 17.3 Å². The molecule has 2 rings (SSSR count). The molecule has 0 aromatic heterocycles. The molecule has 4 heteroatoms. The molecular formula is C11H13NO3. The van der Waals surface area contributed by atoms with Gasteiger partial charge >= 0.3 is 6.09 Å². The lowest BCUT2D eigenvalue weighted by Crippen LogP contribution is -2.17. The number of hydrogen-bond donors (Lipinski definition) is 2. The van der Waals surface area contributed by atoms with Crippen molar-refractivity contribution in [3.8, 4) is 0 Å². The lowest BCUT2D eigenvalue weighted by atomic mass is 10.0. The van der Waals surface area contributed by atoms with Crippen LogP contribution in [0.1, 0.15) is 18.1 Å². The predicted octanol–water partition coefficient (Wildman–Crippen LogP) is 1.67. The third kappa shape index (κ3) is 1.94. The quantitative estimate of drug-likeness (QED) is 0.736. The Morgan fingerprint density at radius 1 is 1.60 bits per heavy atom. The van der Waals surface area contributed by atoms with Crippen molar-refractivity contribution in [3.05, 3.63) is 29.3 Å². The summed E-state index contributed by atoms with van der Waals surface area (Å²) in [6.45, 7) is 1.81. The number of amides is 1. The van der Waals surface area contributed by atoms with Gasteiger partial charge in [-0.2, -0.15) is 0 Å². The summed E-state index contributed by atoms with van der Waals surface area (Å²) in [6, 6.07) is 5.47. The molecule has 0 fully saturated rings. The summed E-state index contributed by atoms with van der Waals surface area (Å²) in [6.07, 6.45) is 0.0282. The van der Waals surface area contributed by atoms with Crippen molar-refractivity contribution >= 4 is 11.8 Å². The zero-order valence-electron chi connectivity index (χ0n) is 8.49. The molecule has 4 nitrogen and oxygen atoms in total. The molecule has 15 heavy (non-hydrogen) atoms. The molecule has 1 aromatic rings. The number of nitrogens with one attached hydrogen (secondary N) is 1. The van der Waals surface area contributed by atoms with Gasteiger partial charge < -0.3 is 9.84 Å². The standard InChI is InChI=1S/C11H13NO3/c1-7-5-9-8(6-13)3-2-4-10(9)12-11(14)15-7/h2-4,7,13H,5-6H2,1H3,(H,12,14). The van der Waals surface area contributed by atoms with Gasteiger partial charge in [-0.05, 0) is 24.1 Å². The number of ether oxygens (including phenoxy) is 1. The van der Waals surface area contributed by atoms with Crippen LogP contribution in [0.25, 0.3) is 0 Å². The smallest absolute Gasteiger partial charge is 0.411 e. The van der Waals surface area contributed by atoms with Crippen LogP contribution in [0.15, 0.2) is 18.2 Å². The Labute approximate surface area is 87.9 Å². The van der Waals surface area contributed by atoms with E-state index < -0.39 is 6.09 Å². The molecule has 0 saturated heterocycles. The van der Waals surface area contributed by atoms with E-state index >= 15 is 0 Å². The van der Waals surface area contributed by atoms with Gasteiger partial charge in [-0.1, -0.05) is 12.1 Å². The number of hydrogen-bond acceptors (Lipinski definition) is 3. The summed E-state index contributed by atoms with van der Waals surface area (Å²) in [5.41, 5.74) is 2.53. The minimum absolute atomic E-state index is 0.0221. The molecule has 0 spiro atoms. The van der Waals surface area contributed by atoms with E-state index in [-0.39, 0.29) is 12.7 Å². The van der Waals surface area contributed by atoms with E-state index in [0.717, 1.165) is 16.8 Å². The summed E-state index contributed by atoms with van der Waals surface area (Å²) in [7, 11) is 0. The Morgan fingerprint density at radius 3 is 3.13 bits per heavy atom. The maximum absolute atomic E-state index is 11.3. The van der Waals surface area contributed by atoms with Gasteiger partial charge in [-0.3, -0.25) is 5.32 Å². The van der Waals surface area contributed by atoms with Crippen LogP contribution in [-0.2, 0) is 17.8 Å². The molecular weight excluding hydrogens is 194 g/mol. The first-order chi connectivity index (χ1) is 7.20. The lowest BCUT2D eigenvalue weighted by molar-refractivity contribution is 0.123. The number of aliphatic hydroxyl groups excluding tert-OH is 1. The van der Waals surface area contributed by atoms with E-state index in [9.17, 15) is 9.90 Å². The monoisotopic (exact) mass is 207 g/mol. The Kier molecular flexibility index (Phi) is 2.60. The fraction of sp³-hybridized carbons (Fsp3) is 0.364.